The van der Waals surface area contributed by atoms with E-state index < -0.39 is 0 Å². The highest BCUT2D eigenvalue weighted by atomic mass is 32.1. The van der Waals surface area contributed by atoms with Crippen LogP contribution in [-0.4, -0.2) is 30.9 Å². The van der Waals surface area contributed by atoms with Crippen molar-refractivity contribution in [3.05, 3.63) is 82.5 Å². The third-order valence-corrected chi connectivity index (χ3v) is 5.37. The zero-order chi connectivity index (χ0) is 20.2. The number of carbonyl (C=O) groups excluding carboxylic acids is 1. The fraction of sp³-hybridized carbons (Fsp3) is 0.150. The summed E-state index contributed by atoms with van der Waals surface area (Å²) in [5.41, 5.74) is 3.06. The third kappa shape index (κ3) is 4.52. The zero-order valence-corrected chi connectivity index (χ0v) is 16.4. The van der Waals surface area contributed by atoms with Crippen LogP contribution < -0.4 is 5.32 Å². The molecular formula is C20H17FN6OS. The number of aromatic nitrogens is 5. The molecule has 9 heteroatoms. The molecule has 1 amide bonds. The van der Waals surface area contributed by atoms with Gasteiger partial charge in [0.15, 0.2) is 0 Å². The van der Waals surface area contributed by atoms with Gasteiger partial charge in [0, 0.05) is 18.9 Å². The van der Waals surface area contributed by atoms with E-state index in [-0.39, 0.29) is 11.7 Å². The van der Waals surface area contributed by atoms with Crippen LogP contribution in [0.15, 0.2) is 55.0 Å². The van der Waals surface area contributed by atoms with E-state index in [1.165, 1.54) is 23.5 Å². The second-order valence-electron chi connectivity index (χ2n) is 6.41. The minimum Gasteiger partial charge on any atom is -0.347 e. The van der Waals surface area contributed by atoms with Crippen molar-refractivity contribution in [2.24, 2.45) is 0 Å². The summed E-state index contributed by atoms with van der Waals surface area (Å²) in [7, 11) is 0. The number of rotatable bonds is 6. The molecule has 3 heterocycles. The van der Waals surface area contributed by atoms with Crippen LogP contribution in [0, 0.1) is 12.7 Å². The van der Waals surface area contributed by atoms with Crippen molar-refractivity contribution in [2.45, 2.75) is 20.0 Å². The Kier molecular flexibility index (Phi) is 5.39. The van der Waals surface area contributed by atoms with Crippen LogP contribution in [0.25, 0.3) is 10.7 Å². The van der Waals surface area contributed by atoms with Gasteiger partial charge in [0.2, 0.25) is 0 Å². The van der Waals surface area contributed by atoms with Crippen LogP contribution in [-0.2, 0) is 13.1 Å². The van der Waals surface area contributed by atoms with Gasteiger partial charge in [0.05, 0.1) is 18.4 Å². The predicted molar refractivity (Wildman–Crippen MR) is 107 cm³/mol. The Bertz CT molecular complexity index is 1120. The van der Waals surface area contributed by atoms with E-state index in [1.54, 1.807) is 42.3 Å². The molecule has 3 aromatic heterocycles. The summed E-state index contributed by atoms with van der Waals surface area (Å²) in [6.07, 6.45) is 5.16. The minimum atomic E-state index is -0.277. The number of pyridine rings is 1. The number of thiazole rings is 1. The second-order valence-corrected chi connectivity index (χ2v) is 7.40. The largest absolute Gasteiger partial charge is 0.347 e. The number of hydrogen-bond donors (Lipinski definition) is 1. The average molecular weight is 408 g/mol. The van der Waals surface area contributed by atoms with E-state index >= 15 is 0 Å². The van der Waals surface area contributed by atoms with Gasteiger partial charge in [-0.25, -0.2) is 14.1 Å². The number of nitrogens with zero attached hydrogens (tertiary/aromatic N) is 5. The molecule has 0 aliphatic heterocycles. The SMILES string of the molecule is Cc1nc(-c2cn(Cc3ccc(F)cc3)nn2)sc1C(=O)NCc1cccnc1. The average Bonchev–Trinajstić information content (AvgIpc) is 3.35. The Balaban J connectivity index is 1.45. The molecular weight excluding hydrogens is 391 g/mol. The minimum absolute atomic E-state index is 0.186. The molecule has 0 aliphatic carbocycles. The molecule has 0 aliphatic rings. The monoisotopic (exact) mass is 408 g/mol. The third-order valence-electron chi connectivity index (χ3n) is 4.19. The summed E-state index contributed by atoms with van der Waals surface area (Å²) in [5.74, 6) is -0.463. The maximum absolute atomic E-state index is 13.0. The van der Waals surface area contributed by atoms with E-state index in [9.17, 15) is 9.18 Å². The summed E-state index contributed by atoms with van der Waals surface area (Å²) >= 11 is 1.27. The molecule has 0 saturated heterocycles. The molecule has 4 rings (SSSR count). The molecule has 146 valence electrons. The van der Waals surface area contributed by atoms with Crippen molar-refractivity contribution in [2.75, 3.05) is 0 Å². The van der Waals surface area contributed by atoms with Crippen molar-refractivity contribution in [1.29, 1.82) is 0 Å². The lowest BCUT2D eigenvalue weighted by Crippen LogP contribution is -2.22. The lowest BCUT2D eigenvalue weighted by Gasteiger charge is -2.03. The smallest absolute Gasteiger partial charge is 0.263 e. The maximum Gasteiger partial charge on any atom is 0.263 e. The molecule has 0 fully saturated rings. The molecule has 0 unspecified atom stereocenters. The van der Waals surface area contributed by atoms with E-state index in [4.69, 9.17) is 0 Å². The molecule has 1 N–H and O–H groups in total. The summed E-state index contributed by atoms with van der Waals surface area (Å²) < 4.78 is 14.7. The lowest BCUT2D eigenvalue weighted by atomic mass is 10.2. The van der Waals surface area contributed by atoms with Gasteiger partial charge in [-0.2, -0.15) is 0 Å². The topological polar surface area (TPSA) is 85.6 Å². The van der Waals surface area contributed by atoms with Crippen LogP contribution in [0.2, 0.25) is 0 Å². The lowest BCUT2D eigenvalue weighted by molar-refractivity contribution is 0.0954. The van der Waals surface area contributed by atoms with Gasteiger partial charge in [-0.05, 0) is 36.2 Å². The van der Waals surface area contributed by atoms with Gasteiger partial charge in [-0.3, -0.25) is 9.78 Å². The van der Waals surface area contributed by atoms with E-state index in [0.29, 0.717) is 34.4 Å². The molecule has 29 heavy (non-hydrogen) atoms. The van der Waals surface area contributed by atoms with Gasteiger partial charge < -0.3 is 5.32 Å². The standard InChI is InChI=1S/C20H17FN6OS/c1-13-18(19(28)23-10-15-3-2-8-22-9-15)29-20(24-13)17-12-27(26-25-17)11-14-4-6-16(21)7-5-14/h2-9,12H,10-11H2,1H3,(H,23,28). The van der Waals surface area contributed by atoms with Gasteiger partial charge in [-0.1, -0.05) is 23.4 Å². The van der Waals surface area contributed by atoms with Crippen molar-refractivity contribution in [1.82, 2.24) is 30.3 Å². The number of carbonyl (C=O) groups is 1. The Labute approximate surface area is 170 Å². The van der Waals surface area contributed by atoms with Gasteiger partial charge >= 0.3 is 0 Å². The van der Waals surface area contributed by atoms with Gasteiger partial charge in [-0.15, -0.1) is 16.4 Å². The van der Waals surface area contributed by atoms with Crippen LogP contribution in [0.4, 0.5) is 4.39 Å². The maximum atomic E-state index is 13.0. The van der Waals surface area contributed by atoms with E-state index in [2.05, 4.69) is 25.6 Å². The van der Waals surface area contributed by atoms with Crippen LogP contribution in [0.3, 0.4) is 0 Å². The first-order chi connectivity index (χ1) is 14.1. The molecule has 0 radical (unpaired) electrons. The fourth-order valence-electron chi connectivity index (χ4n) is 2.73. The van der Waals surface area contributed by atoms with Crippen LogP contribution in [0.5, 0.6) is 0 Å². The number of amides is 1. The normalized spacial score (nSPS) is 10.8. The Morgan fingerprint density at radius 1 is 1.21 bits per heavy atom. The van der Waals surface area contributed by atoms with Crippen molar-refractivity contribution >= 4 is 17.2 Å². The summed E-state index contributed by atoms with van der Waals surface area (Å²) in [6.45, 7) is 2.66. The van der Waals surface area contributed by atoms with Crippen molar-refractivity contribution in [3.63, 3.8) is 0 Å². The summed E-state index contributed by atoms with van der Waals surface area (Å²) in [5, 5.41) is 11.8. The Morgan fingerprint density at radius 3 is 2.79 bits per heavy atom. The number of hydrogen-bond acceptors (Lipinski definition) is 6. The van der Waals surface area contributed by atoms with Crippen molar-refractivity contribution < 1.29 is 9.18 Å². The van der Waals surface area contributed by atoms with Crippen LogP contribution >= 0.6 is 11.3 Å². The number of nitrogens with one attached hydrogen (secondary N) is 1. The highest BCUT2D eigenvalue weighted by Gasteiger charge is 2.18. The van der Waals surface area contributed by atoms with Gasteiger partial charge in [0.25, 0.3) is 5.91 Å². The number of halogens is 1. The van der Waals surface area contributed by atoms with Gasteiger partial charge in [0.1, 0.15) is 21.4 Å². The zero-order valence-electron chi connectivity index (χ0n) is 15.5. The second kappa shape index (κ2) is 8.27. The van der Waals surface area contributed by atoms with Crippen molar-refractivity contribution in [3.8, 4) is 10.7 Å². The molecule has 0 saturated carbocycles. The summed E-state index contributed by atoms with van der Waals surface area (Å²) in [4.78, 5) is 21.6. The molecule has 0 atom stereocenters. The first-order valence-corrected chi connectivity index (χ1v) is 9.69. The number of benzene rings is 1. The first-order valence-electron chi connectivity index (χ1n) is 8.88. The summed E-state index contributed by atoms with van der Waals surface area (Å²) in [6, 6.07) is 9.95. The molecule has 7 nitrogen and oxygen atoms in total. The van der Waals surface area contributed by atoms with Crippen LogP contribution in [0.1, 0.15) is 26.5 Å². The van der Waals surface area contributed by atoms with E-state index in [0.717, 1.165) is 11.1 Å². The highest BCUT2D eigenvalue weighted by molar-refractivity contribution is 7.17. The Morgan fingerprint density at radius 2 is 2.03 bits per heavy atom. The quantitative estimate of drug-likeness (QED) is 0.529. The predicted octanol–water partition coefficient (Wildman–Crippen LogP) is 3.22. The molecule has 1 aromatic carbocycles. The first kappa shape index (κ1) is 18.9. The molecule has 4 aromatic rings. The molecule has 0 bridgehead atoms. The fourth-order valence-corrected chi connectivity index (χ4v) is 3.66. The van der Waals surface area contributed by atoms with E-state index in [1.807, 2.05) is 12.1 Å². The molecule has 0 spiro atoms. The number of aryl methyl sites for hydroxylation is 1. The highest BCUT2D eigenvalue weighted by Crippen LogP contribution is 2.26. The Hall–Kier alpha value is -3.46.